The van der Waals surface area contributed by atoms with E-state index < -0.39 is 0 Å². The van der Waals surface area contributed by atoms with E-state index in [-0.39, 0.29) is 5.91 Å². The smallest absolute Gasteiger partial charge is 0.261 e. The Kier molecular flexibility index (Phi) is 3.58. The van der Waals surface area contributed by atoms with Crippen LogP contribution in [0.3, 0.4) is 0 Å². The van der Waals surface area contributed by atoms with Crippen molar-refractivity contribution in [3.05, 3.63) is 52.5 Å². The zero-order valence-corrected chi connectivity index (χ0v) is 12.9. The molecule has 0 spiro atoms. The normalized spacial score (nSPS) is 14.1. The Bertz CT molecular complexity index is 670. The van der Waals surface area contributed by atoms with Crippen molar-refractivity contribution in [3.8, 4) is 0 Å². The Morgan fingerprint density at radius 3 is 2.81 bits per heavy atom. The van der Waals surface area contributed by atoms with E-state index in [0.29, 0.717) is 11.3 Å². The van der Waals surface area contributed by atoms with E-state index in [9.17, 15) is 4.79 Å². The number of furan rings is 1. The van der Waals surface area contributed by atoms with Gasteiger partial charge in [-0.05, 0) is 50.3 Å². The predicted molar refractivity (Wildman–Crippen MR) is 84.0 cm³/mol. The fraction of sp³-hybridized carbons (Fsp3) is 0.389. The summed E-state index contributed by atoms with van der Waals surface area (Å²) in [6, 6.07) is 8.21. The summed E-state index contributed by atoms with van der Waals surface area (Å²) < 4.78 is 5.52. The summed E-state index contributed by atoms with van der Waals surface area (Å²) in [5.41, 5.74) is 4.34. The third-order valence-electron chi connectivity index (χ3n) is 4.20. The van der Waals surface area contributed by atoms with Crippen LogP contribution in [0.2, 0.25) is 0 Å². The van der Waals surface area contributed by atoms with Crippen LogP contribution >= 0.6 is 0 Å². The minimum absolute atomic E-state index is 0.0613. The predicted octanol–water partition coefficient (Wildman–Crippen LogP) is 4.05. The molecule has 1 aromatic carbocycles. The zero-order chi connectivity index (χ0) is 15.0. The molecule has 1 aliphatic rings. The molecule has 1 aromatic heterocycles. The largest absolute Gasteiger partial charge is 0.466 e. The number of carbonyl (C=O) groups is 1. The molecule has 2 aromatic rings. The molecular formula is C18H21NO2. The summed E-state index contributed by atoms with van der Waals surface area (Å²) in [5.74, 6) is 1.56. The Hall–Kier alpha value is -2.03. The number of fused-ring (bicyclic) bond motifs is 1. The molecule has 0 N–H and O–H groups in total. The summed E-state index contributed by atoms with van der Waals surface area (Å²) in [7, 11) is 0. The lowest BCUT2D eigenvalue weighted by Crippen LogP contribution is -2.36. The summed E-state index contributed by atoms with van der Waals surface area (Å²) >= 11 is 0. The van der Waals surface area contributed by atoms with Gasteiger partial charge in [-0.2, -0.15) is 0 Å². The quantitative estimate of drug-likeness (QED) is 0.833. The average molecular weight is 283 g/mol. The first-order chi connectivity index (χ1) is 10.1. The van der Waals surface area contributed by atoms with Gasteiger partial charge in [0, 0.05) is 6.54 Å². The van der Waals surface area contributed by atoms with Gasteiger partial charge in [-0.1, -0.05) is 25.1 Å². The van der Waals surface area contributed by atoms with Gasteiger partial charge in [0.15, 0.2) is 0 Å². The van der Waals surface area contributed by atoms with Crippen LogP contribution in [0.5, 0.6) is 0 Å². The van der Waals surface area contributed by atoms with E-state index >= 15 is 0 Å². The highest BCUT2D eigenvalue weighted by Gasteiger charge is 2.27. The van der Waals surface area contributed by atoms with Crippen molar-refractivity contribution in [2.24, 2.45) is 0 Å². The van der Waals surface area contributed by atoms with Gasteiger partial charge in [0.1, 0.15) is 11.5 Å². The fourth-order valence-corrected chi connectivity index (χ4v) is 3.21. The number of rotatable bonds is 2. The van der Waals surface area contributed by atoms with Gasteiger partial charge in [-0.3, -0.25) is 4.79 Å². The molecule has 0 atom stereocenters. The second-order valence-electron chi connectivity index (χ2n) is 5.67. The van der Waals surface area contributed by atoms with Crippen molar-refractivity contribution >= 4 is 11.6 Å². The Morgan fingerprint density at radius 1 is 1.33 bits per heavy atom. The Labute approximate surface area is 125 Å². The van der Waals surface area contributed by atoms with E-state index in [1.807, 2.05) is 24.8 Å². The number of para-hydroxylation sites is 1. The van der Waals surface area contributed by atoms with E-state index in [2.05, 4.69) is 25.1 Å². The molecule has 0 fully saturated rings. The molecule has 1 amide bonds. The van der Waals surface area contributed by atoms with Crippen LogP contribution in [0.4, 0.5) is 5.69 Å². The molecule has 0 unspecified atom stereocenters. The molecule has 110 valence electrons. The first kappa shape index (κ1) is 13.9. The lowest BCUT2D eigenvalue weighted by molar-refractivity contribution is 0.0983. The maximum atomic E-state index is 12.9. The van der Waals surface area contributed by atoms with Crippen molar-refractivity contribution in [2.75, 3.05) is 11.4 Å². The van der Waals surface area contributed by atoms with Crippen LogP contribution < -0.4 is 4.90 Å². The van der Waals surface area contributed by atoms with Crippen LogP contribution in [0.15, 0.2) is 28.7 Å². The number of aryl methyl sites for hydroxylation is 4. The molecule has 0 aliphatic carbocycles. The fourth-order valence-electron chi connectivity index (χ4n) is 3.21. The highest BCUT2D eigenvalue weighted by Crippen LogP contribution is 2.33. The van der Waals surface area contributed by atoms with Gasteiger partial charge in [0.25, 0.3) is 5.91 Å². The molecule has 3 heteroatoms. The van der Waals surface area contributed by atoms with Crippen molar-refractivity contribution in [1.29, 1.82) is 0 Å². The highest BCUT2D eigenvalue weighted by molar-refractivity contribution is 6.07. The van der Waals surface area contributed by atoms with E-state index in [4.69, 9.17) is 4.42 Å². The van der Waals surface area contributed by atoms with Crippen molar-refractivity contribution in [3.63, 3.8) is 0 Å². The molecule has 0 saturated carbocycles. The van der Waals surface area contributed by atoms with Crippen molar-refractivity contribution < 1.29 is 9.21 Å². The first-order valence-corrected chi connectivity index (χ1v) is 7.61. The maximum absolute atomic E-state index is 12.9. The van der Waals surface area contributed by atoms with Gasteiger partial charge < -0.3 is 9.32 Å². The zero-order valence-electron chi connectivity index (χ0n) is 12.9. The number of nitrogens with zero attached hydrogens (tertiary/aromatic N) is 1. The number of hydrogen-bond acceptors (Lipinski definition) is 2. The molecule has 3 rings (SSSR count). The first-order valence-electron chi connectivity index (χ1n) is 7.61. The van der Waals surface area contributed by atoms with E-state index in [0.717, 1.165) is 37.3 Å². The molecule has 0 radical (unpaired) electrons. The second kappa shape index (κ2) is 5.40. The summed E-state index contributed by atoms with van der Waals surface area (Å²) in [6.45, 7) is 6.66. The van der Waals surface area contributed by atoms with Crippen molar-refractivity contribution in [1.82, 2.24) is 0 Å². The Balaban J connectivity index is 2.06. The van der Waals surface area contributed by atoms with Gasteiger partial charge in [0.05, 0.1) is 11.3 Å². The molecule has 3 nitrogen and oxygen atoms in total. The molecular weight excluding hydrogens is 262 g/mol. The number of benzene rings is 1. The van der Waals surface area contributed by atoms with E-state index in [1.54, 1.807) is 0 Å². The van der Waals surface area contributed by atoms with Crippen LogP contribution in [0.25, 0.3) is 0 Å². The minimum Gasteiger partial charge on any atom is -0.466 e. The number of amides is 1. The van der Waals surface area contributed by atoms with E-state index in [1.165, 1.54) is 11.1 Å². The monoisotopic (exact) mass is 283 g/mol. The van der Waals surface area contributed by atoms with Crippen LogP contribution in [0, 0.1) is 13.8 Å². The topological polar surface area (TPSA) is 33.5 Å². The third kappa shape index (κ3) is 2.37. The SMILES string of the molecule is CCc1cccc2c1N(C(=O)c1cc(C)oc1C)CCC2. The summed E-state index contributed by atoms with van der Waals surface area (Å²) in [5, 5.41) is 0. The molecule has 1 aliphatic heterocycles. The van der Waals surface area contributed by atoms with Gasteiger partial charge in [0.2, 0.25) is 0 Å². The standard InChI is InChI=1S/C18H21NO2/c1-4-14-7-5-8-15-9-6-10-19(17(14)15)18(20)16-11-12(2)21-13(16)3/h5,7-8,11H,4,6,9-10H2,1-3H3. The maximum Gasteiger partial charge on any atom is 0.261 e. The number of hydrogen-bond donors (Lipinski definition) is 0. The Morgan fingerprint density at radius 2 is 2.14 bits per heavy atom. The molecule has 21 heavy (non-hydrogen) atoms. The van der Waals surface area contributed by atoms with Gasteiger partial charge in [-0.15, -0.1) is 0 Å². The van der Waals surface area contributed by atoms with Crippen LogP contribution in [0.1, 0.15) is 46.3 Å². The number of carbonyl (C=O) groups excluding carboxylic acids is 1. The lowest BCUT2D eigenvalue weighted by Gasteiger charge is -2.31. The highest BCUT2D eigenvalue weighted by atomic mass is 16.3. The second-order valence-corrected chi connectivity index (χ2v) is 5.67. The van der Waals surface area contributed by atoms with Gasteiger partial charge in [-0.25, -0.2) is 0 Å². The van der Waals surface area contributed by atoms with Gasteiger partial charge >= 0.3 is 0 Å². The van der Waals surface area contributed by atoms with Crippen molar-refractivity contribution in [2.45, 2.75) is 40.0 Å². The van der Waals surface area contributed by atoms with Crippen LogP contribution in [-0.4, -0.2) is 12.5 Å². The molecule has 0 saturated heterocycles. The third-order valence-corrected chi connectivity index (χ3v) is 4.20. The summed E-state index contributed by atoms with van der Waals surface area (Å²) in [6.07, 6.45) is 3.01. The molecule has 0 bridgehead atoms. The summed E-state index contributed by atoms with van der Waals surface area (Å²) in [4.78, 5) is 14.9. The van der Waals surface area contributed by atoms with Crippen LogP contribution in [-0.2, 0) is 12.8 Å². The lowest BCUT2D eigenvalue weighted by atomic mass is 9.96. The minimum atomic E-state index is 0.0613. The average Bonchev–Trinajstić information content (AvgIpc) is 2.84. The molecule has 2 heterocycles. The number of anilines is 1.